The van der Waals surface area contributed by atoms with Gasteiger partial charge in [0.1, 0.15) is 0 Å². The highest BCUT2D eigenvalue weighted by Gasteiger charge is 2.08. The fourth-order valence-electron chi connectivity index (χ4n) is 1.52. The first kappa shape index (κ1) is 11.0. The highest BCUT2D eigenvalue weighted by molar-refractivity contribution is 14.1. The number of fused-ring (bicyclic) bond motifs is 1. The molecule has 1 heterocycles. The molecule has 0 aliphatic rings. The lowest BCUT2D eigenvalue weighted by Crippen LogP contribution is -2.09. The van der Waals surface area contributed by atoms with Crippen molar-refractivity contribution in [3.8, 4) is 0 Å². The molecule has 2 rings (SSSR count). The number of aryl methyl sites for hydroxylation is 2. The Labute approximate surface area is 106 Å². The number of pyridine rings is 1. The Morgan fingerprint density at radius 3 is 2.67 bits per heavy atom. The second kappa shape index (κ2) is 3.79. The third kappa shape index (κ3) is 1.78. The maximum atomic E-state index is 11.9. The lowest BCUT2D eigenvalue weighted by molar-refractivity contribution is 1.21. The number of hydrogen-bond donors (Lipinski definition) is 1. The number of aromatic nitrogens is 1. The van der Waals surface area contributed by atoms with Crippen molar-refractivity contribution in [2.75, 3.05) is 0 Å². The van der Waals surface area contributed by atoms with Crippen molar-refractivity contribution in [1.29, 1.82) is 0 Å². The van der Waals surface area contributed by atoms with Crippen molar-refractivity contribution in [2.45, 2.75) is 13.8 Å². The Bertz CT molecular complexity index is 598. The van der Waals surface area contributed by atoms with E-state index < -0.39 is 0 Å². The van der Waals surface area contributed by atoms with E-state index in [1.807, 2.05) is 19.9 Å². The number of nitrogens with one attached hydrogen (secondary N) is 1. The highest BCUT2D eigenvalue weighted by atomic mass is 127. The Morgan fingerprint density at radius 1 is 1.33 bits per heavy atom. The SMILES string of the molecule is Cc1cc2[nH]c(C)c(I)c(=O)c2cc1Cl. The van der Waals surface area contributed by atoms with E-state index in [4.69, 9.17) is 11.6 Å². The largest absolute Gasteiger partial charge is 0.358 e. The quantitative estimate of drug-likeness (QED) is 0.736. The Morgan fingerprint density at radius 2 is 2.00 bits per heavy atom. The topological polar surface area (TPSA) is 32.9 Å². The van der Waals surface area contributed by atoms with Crippen LogP contribution in [-0.2, 0) is 0 Å². The summed E-state index contributed by atoms with van der Waals surface area (Å²) in [6, 6.07) is 3.63. The molecule has 1 aromatic carbocycles. The van der Waals surface area contributed by atoms with Gasteiger partial charge in [-0.15, -0.1) is 0 Å². The van der Waals surface area contributed by atoms with Gasteiger partial charge in [0.2, 0.25) is 5.43 Å². The second-order valence-corrected chi connectivity index (χ2v) is 5.03. The van der Waals surface area contributed by atoms with E-state index in [1.165, 1.54) is 0 Å². The first-order valence-electron chi connectivity index (χ1n) is 4.49. The molecule has 1 aromatic heterocycles. The Balaban J connectivity index is 3.00. The fraction of sp³-hybridized carbons (Fsp3) is 0.182. The van der Waals surface area contributed by atoms with Gasteiger partial charge in [-0.25, -0.2) is 0 Å². The predicted octanol–water partition coefficient (Wildman–Crippen LogP) is 3.40. The summed E-state index contributed by atoms with van der Waals surface area (Å²) in [5.41, 5.74) is 2.76. The molecule has 1 N–H and O–H groups in total. The maximum Gasteiger partial charge on any atom is 0.203 e. The zero-order valence-electron chi connectivity index (χ0n) is 8.32. The summed E-state index contributed by atoms with van der Waals surface area (Å²) in [5.74, 6) is 0. The number of benzene rings is 1. The molecule has 0 saturated heterocycles. The van der Waals surface area contributed by atoms with Crippen LogP contribution in [0.5, 0.6) is 0 Å². The normalized spacial score (nSPS) is 10.9. The molecule has 0 aliphatic carbocycles. The van der Waals surface area contributed by atoms with Crippen molar-refractivity contribution in [3.63, 3.8) is 0 Å². The van der Waals surface area contributed by atoms with Gasteiger partial charge in [0.15, 0.2) is 0 Å². The van der Waals surface area contributed by atoms with E-state index >= 15 is 0 Å². The van der Waals surface area contributed by atoms with Crippen LogP contribution in [-0.4, -0.2) is 4.98 Å². The van der Waals surface area contributed by atoms with Gasteiger partial charge in [0.05, 0.1) is 3.57 Å². The van der Waals surface area contributed by atoms with Gasteiger partial charge in [0, 0.05) is 21.6 Å². The van der Waals surface area contributed by atoms with Gasteiger partial charge in [-0.2, -0.15) is 0 Å². The summed E-state index contributed by atoms with van der Waals surface area (Å²) in [7, 11) is 0. The molecule has 0 atom stereocenters. The smallest absolute Gasteiger partial charge is 0.203 e. The van der Waals surface area contributed by atoms with Crippen LogP contribution in [0.15, 0.2) is 16.9 Å². The molecule has 15 heavy (non-hydrogen) atoms. The molecular weight excluding hydrogens is 324 g/mol. The van der Waals surface area contributed by atoms with Crippen LogP contribution in [0.3, 0.4) is 0 Å². The van der Waals surface area contributed by atoms with Crippen molar-refractivity contribution >= 4 is 45.1 Å². The molecule has 0 saturated carbocycles. The van der Waals surface area contributed by atoms with Gasteiger partial charge in [-0.05, 0) is 54.1 Å². The molecule has 0 bridgehead atoms. The zero-order chi connectivity index (χ0) is 11.2. The van der Waals surface area contributed by atoms with Gasteiger partial charge in [-0.3, -0.25) is 4.79 Å². The molecule has 0 fully saturated rings. The first-order chi connectivity index (χ1) is 7.00. The molecule has 2 nitrogen and oxygen atoms in total. The van der Waals surface area contributed by atoms with E-state index in [2.05, 4.69) is 27.6 Å². The van der Waals surface area contributed by atoms with Crippen LogP contribution in [0.4, 0.5) is 0 Å². The lowest BCUT2D eigenvalue weighted by atomic mass is 10.1. The van der Waals surface area contributed by atoms with Crippen LogP contribution in [0.1, 0.15) is 11.3 Å². The van der Waals surface area contributed by atoms with Crippen LogP contribution >= 0.6 is 34.2 Å². The molecule has 0 radical (unpaired) electrons. The highest BCUT2D eigenvalue weighted by Crippen LogP contribution is 2.21. The van der Waals surface area contributed by atoms with E-state index in [1.54, 1.807) is 6.07 Å². The zero-order valence-corrected chi connectivity index (χ0v) is 11.2. The lowest BCUT2D eigenvalue weighted by Gasteiger charge is -2.05. The third-order valence-electron chi connectivity index (χ3n) is 2.39. The summed E-state index contributed by atoms with van der Waals surface area (Å²) in [6.45, 7) is 3.82. The molecule has 0 spiro atoms. The average molecular weight is 334 g/mol. The monoisotopic (exact) mass is 333 g/mol. The first-order valence-corrected chi connectivity index (χ1v) is 5.94. The minimum absolute atomic E-state index is 0.0451. The van der Waals surface area contributed by atoms with Crippen molar-refractivity contribution in [3.05, 3.63) is 42.2 Å². The molecular formula is C11H9ClINO. The molecule has 0 unspecified atom stereocenters. The third-order valence-corrected chi connectivity index (χ3v) is 4.10. The van der Waals surface area contributed by atoms with E-state index in [9.17, 15) is 4.79 Å². The molecule has 0 aliphatic heterocycles. The van der Waals surface area contributed by atoms with Crippen LogP contribution in [0, 0.1) is 17.4 Å². The van der Waals surface area contributed by atoms with E-state index in [0.29, 0.717) is 10.4 Å². The van der Waals surface area contributed by atoms with Crippen LogP contribution in [0.25, 0.3) is 10.9 Å². The number of rotatable bonds is 0. The molecule has 0 amide bonds. The van der Waals surface area contributed by atoms with Gasteiger partial charge >= 0.3 is 0 Å². The second-order valence-electron chi connectivity index (χ2n) is 3.54. The Hall–Kier alpha value is -0.550. The van der Waals surface area contributed by atoms with Crippen molar-refractivity contribution in [2.24, 2.45) is 0 Å². The maximum absolute atomic E-state index is 11.9. The Kier molecular flexibility index (Phi) is 2.77. The molecule has 4 heteroatoms. The number of halogens is 2. The molecule has 2 aromatic rings. The van der Waals surface area contributed by atoms with Crippen LogP contribution < -0.4 is 5.43 Å². The summed E-state index contributed by atoms with van der Waals surface area (Å²) in [4.78, 5) is 15.1. The van der Waals surface area contributed by atoms with Crippen LogP contribution in [0.2, 0.25) is 5.02 Å². The minimum Gasteiger partial charge on any atom is -0.358 e. The van der Waals surface area contributed by atoms with E-state index in [0.717, 1.165) is 20.3 Å². The van der Waals surface area contributed by atoms with E-state index in [-0.39, 0.29) is 5.43 Å². The summed E-state index contributed by atoms with van der Waals surface area (Å²) >= 11 is 8.05. The average Bonchev–Trinajstić information content (AvgIpc) is 2.19. The summed E-state index contributed by atoms with van der Waals surface area (Å²) in [5, 5.41) is 1.29. The molecule has 78 valence electrons. The van der Waals surface area contributed by atoms with Crippen molar-refractivity contribution in [1.82, 2.24) is 4.98 Å². The summed E-state index contributed by atoms with van der Waals surface area (Å²) < 4.78 is 0.722. The van der Waals surface area contributed by atoms with Gasteiger partial charge < -0.3 is 4.98 Å². The summed E-state index contributed by atoms with van der Waals surface area (Å²) in [6.07, 6.45) is 0. The van der Waals surface area contributed by atoms with Crippen molar-refractivity contribution < 1.29 is 0 Å². The number of H-pyrrole nitrogens is 1. The van der Waals surface area contributed by atoms with Gasteiger partial charge in [0.25, 0.3) is 0 Å². The standard InChI is InChI=1S/C11H9ClINO/c1-5-3-9-7(4-8(5)12)11(15)10(13)6(2)14-9/h3-4H,1-2H3,(H,14,15). The minimum atomic E-state index is 0.0451. The number of aromatic amines is 1. The predicted molar refractivity (Wildman–Crippen MR) is 71.8 cm³/mol. The number of hydrogen-bond acceptors (Lipinski definition) is 1. The van der Waals surface area contributed by atoms with Gasteiger partial charge in [-0.1, -0.05) is 11.6 Å². The fourth-order valence-corrected chi connectivity index (χ4v) is 2.11.